The Kier molecular flexibility index (Phi) is 1.75. The van der Waals surface area contributed by atoms with Crippen molar-refractivity contribution in [3.05, 3.63) is 36.2 Å². The molecule has 82 valence electrons. The fourth-order valence-electron chi connectivity index (χ4n) is 1.26. The van der Waals surface area contributed by atoms with E-state index in [1.165, 1.54) is 24.5 Å². The Morgan fingerprint density at radius 3 is 2.88 bits per heavy atom. The van der Waals surface area contributed by atoms with Gasteiger partial charge in [-0.05, 0) is 18.2 Å². The largest absolute Gasteiger partial charge is 0.497 e. The number of rotatable bonds is 3. The molecule has 2 aromatic rings. The van der Waals surface area contributed by atoms with E-state index in [0.717, 1.165) is 10.9 Å². The summed E-state index contributed by atoms with van der Waals surface area (Å²) in [6.07, 6.45) is 2.80. The number of methoxy groups -OCH3 is 1. The van der Waals surface area contributed by atoms with Crippen LogP contribution in [0.15, 0.2) is 30.6 Å². The Hall–Kier alpha value is -2.37. The summed E-state index contributed by atoms with van der Waals surface area (Å²) in [4.78, 5) is 12.3. The summed E-state index contributed by atoms with van der Waals surface area (Å²) < 4.78 is 25.6. The van der Waals surface area contributed by atoms with Crippen LogP contribution in [-0.4, -0.2) is 33.1 Å². The van der Waals surface area contributed by atoms with Crippen LogP contribution < -0.4 is 4.74 Å². The van der Waals surface area contributed by atoms with E-state index in [9.17, 15) is 4.79 Å². The average Bonchev–Trinajstić information content (AvgIpc) is 2.80. The number of carbonyl (C=O) groups is 1. The molecule has 0 unspecified atom stereocenters. The molecular weight excluding hydrogens is 210 g/mol. The van der Waals surface area contributed by atoms with Gasteiger partial charge in [0.15, 0.2) is 0 Å². The first-order chi connectivity index (χ1) is 8.87. The van der Waals surface area contributed by atoms with E-state index in [4.69, 9.17) is 9.22 Å². The van der Waals surface area contributed by atoms with Crippen LogP contribution in [0, 0.1) is 0 Å². The molecule has 0 aliphatic rings. The number of aromatic nitrogens is 3. The van der Waals surface area contributed by atoms with Crippen LogP contribution in [0.25, 0.3) is 5.69 Å². The van der Waals surface area contributed by atoms with E-state index in [2.05, 4.69) is 14.9 Å². The molecule has 0 aliphatic carbocycles. The molecule has 1 N–H and O–H groups in total. The van der Waals surface area contributed by atoms with Gasteiger partial charge < -0.3 is 9.84 Å². The highest BCUT2D eigenvalue weighted by Crippen LogP contribution is 2.19. The molecule has 1 aromatic carbocycles. The molecule has 0 amide bonds. The molecule has 0 bridgehead atoms. The molecule has 1 heterocycles. The molecule has 0 aliphatic heterocycles. The van der Waals surface area contributed by atoms with Crippen LogP contribution in [0.2, 0.25) is 0 Å². The number of aromatic carboxylic acids is 1. The van der Waals surface area contributed by atoms with E-state index in [1.54, 1.807) is 0 Å². The first-order valence-electron chi connectivity index (χ1n) is 5.80. The van der Waals surface area contributed by atoms with Crippen molar-refractivity contribution in [1.82, 2.24) is 15.0 Å². The Labute approximate surface area is 95.3 Å². The second-order valence-electron chi connectivity index (χ2n) is 2.90. The van der Waals surface area contributed by atoms with Crippen LogP contribution >= 0.6 is 0 Å². The third-order valence-corrected chi connectivity index (χ3v) is 1.95. The smallest absolute Gasteiger partial charge is 0.338 e. The zero-order valence-corrected chi connectivity index (χ0v) is 7.99. The standard InChI is InChI=1S/C10H9N3O3/c1-16-7-2-3-9(8(6-7)10(14)15)13-11-4-5-12-13/h2-6H,1H3,(H,14,15)/i1D3. The number of benzene rings is 1. The Bertz CT molecular complexity index is 596. The highest BCUT2D eigenvalue weighted by atomic mass is 16.5. The molecule has 6 nitrogen and oxygen atoms in total. The molecule has 0 atom stereocenters. The number of hydrogen-bond donors (Lipinski definition) is 1. The van der Waals surface area contributed by atoms with Crippen molar-refractivity contribution < 1.29 is 18.8 Å². The molecule has 16 heavy (non-hydrogen) atoms. The lowest BCUT2D eigenvalue weighted by Crippen LogP contribution is -2.08. The number of nitrogens with zero attached hydrogens (tertiary/aromatic N) is 3. The minimum Gasteiger partial charge on any atom is -0.497 e. The summed E-state index contributed by atoms with van der Waals surface area (Å²) in [5.41, 5.74) is 0.0633. The first kappa shape index (κ1) is 7.00. The van der Waals surface area contributed by atoms with E-state index in [0.29, 0.717) is 0 Å². The predicted molar refractivity (Wildman–Crippen MR) is 54.9 cm³/mol. The summed E-state index contributed by atoms with van der Waals surface area (Å²) in [7, 11) is -2.64. The van der Waals surface area contributed by atoms with E-state index in [1.807, 2.05) is 0 Å². The number of hydrogen-bond acceptors (Lipinski definition) is 4. The lowest BCUT2D eigenvalue weighted by Gasteiger charge is -2.06. The van der Waals surface area contributed by atoms with Crippen LogP contribution in [0.5, 0.6) is 5.75 Å². The van der Waals surface area contributed by atoms with Gasteiger partial charge in [-0.25, -0.2) is 4.79 Å². The van der Waals surface area contributed by atoms with Gasteiger partial charge in [-0.15, -0.1) is 0 Å². The fraction of sp³-hybridized carbons (Fsp3) is 0.100. The third-order valence-electron chi connectivity index (χ3n) is 1.95. The van der Waals surface area contributed by atoms with Gasteiger partial charge in [-0.3, -0.25) is 0 Å². The highest BCUT2D eigenvalue weighted by molar-refractivity contribution is 5.92. The quantitative estimate of drug-likeness (QED) is 0.837. The Morgan fingerprint density at radius 1 is 1.50 bits per heavy atom. The van der Waals surface area contributed by atoms with Crippen molar-refractivity contribution in [1.29, 1.82) is 0 Å². The van der Waals surface area contributed by atoms with Crippen molar-refractivity contribution >= 4 is 5.97 Å². The highest BCUT2D eigenvalue weighted by Gasteiger charge is 2.13. The molecule has 0 radical (unpaired) electrons. The van der Waals surface area contributed by atoms with E-state index >= 15 is 0 Å². The minimum atomic E-state index is -2.64. The molecule has 0 fully saturated rings. The molecule has 1 aromatic heterocycles. The number of ether oxygens (including phenoxy) is 1. The maximum atomic E-state index is 11.2. The molecule has 6 heteroatoms. The van der Waals surface area contributed by atoms with E-state index < -0.39 is 13.0 Å². The van der Waals surface area contributed by atoms with Gasteiger partial charge in [0.25, 0.3) is 0 Å². The first-order valence-corrected chi connectivity index (χ1v) is 4.30. The topological polar surface area (TPSA) is 77.2 Å². The van der Waals surface area contributed by atoms with Crippen molar-refractivity contribution in [3.8, 4) is 11.4 Å². The van der Waals surface area contributed by atoms with Gasteiger partial charge in [0.05, 0.1) is 29.1 Å². The summed E-state index contributed by atoms with van der Waals surface area (Å²) >= 11 is 0. The van der Waals surface area contributed by atoms with Crippen LogP contribution in [0.4, 0.5) is 0 Å². The van der Waals surface area contributed by atoms with Gasteiger partial charge >= 0.3 is 5.97 Å². The SMILES string of the molecule is [2H]C([2H])([2H])Oc1ccc(-n2nccn2)c(C(=O)O)c1. The predicted octanol–water partition coefficient (Wildman–Crippen LogP) is 0.974. The Morgan fingerprint density at radius 2 is 2.25 bits per heavy atom. The monoisotopic (exact) mass is 222 g/mol. The maximum Gasteiger partial charge on any atom is 0.338 e. The number of carboxylic acid groups (broad SMARTS) is 1. The fourth-order valence-corrected chi connectivity index (χ4v) is 1.26. The maximum absolute atomic E-state index is 11.2. The molecule has 0 saturated heterocycles. The number of carboxylic acids is 1. The lowest BCUT2D eigenvalue weighted by atomic mass is 10.1. The second-order valence-corrected chi connectivity index (χ2v) is 2.90. The molecule has 0 spiro atoms. The summed E-state index contributed by atoms with van der Waals surface area (Å²) in [6, 6.07) is 3.84. The van der Waals surface area contributed by atoms with Gasteiger partial charge in [0, 0.05) is 0 Å². The van der Waals surface area contributed by atoms with Crippen LogP contribution in [0.1, 0.15) is 14.5 Å². The van der Waals surface area contributed by atoms with Crippen molar-refractivity contribution in [2.75, 3.05) is 7.04 Å². The molecule has 0 saturated carbocycles. The normalized spacial score (nSPS) is 13.6. The summed E-state index contributed by atoms with van der Waals surface area (Å²) in [5.74, 6) is -1.29. The summed E-state index contributed by atoms with van der Waals surface area (Å²) in [6.45, 7) is 0. The van der Waals surface area contributed by atoms with Crippen molar-refractivity contribution in [2.45, 2.75) is 0 Å². The average molecular weight is 222 g/mol. The minimum absolute atomic E-state index is 0.0618. The van der Waals surface area contributed by atoms with Gasteiger partial charge in [-0.1, -0.05) is 0 Å². The van der Waals surface area contributed by atoms with Crippen LogP contribution in [0.3, 0.4) is 0 Å². The molecule has 2 rings (SSSR count). The summed E-state index contributed by atoms with van der Waals surface area (Å²) in [5, 5.41) is 16.8. The van der Waals surface area contributed by atoms with Gasteiger partial charge in [0.1, 0.15) is 11.4 Å². The van der Waals surface area contributed by atoms with Crippen molar-refractivity contribution in [2.24, 2.45) is 0 Å². The Balaban J connectivity index is 2.45. The van der Waals surface area contributed by atoms with Gasteiger partial charge in [-0.2, -0.15) is 15.0 Å². The zero-order valence-electron chi connectivity index (χ0n) is 11.0. The lowest BCUT2D eigenvalue weighted by molar-refractivity contribution is 0.0696. The molecular formula is C10H9N3O3. The third kappa shape index (κ3) is 1.72. The zero-order chi connectivity index (χ0) is 14.0. The van der Waals surface area contributed by atoms with Crippen LogP contribution in [-0.2, 0) is 0 Å². The van der Waals surface area contributed by atoms with Crippen molar-refractivity contribution in [3.63, 3.8) is 0 Å². The van der Waals surface area contributed by atoms with E-state index in [-0.39, 0.29) is 17.0 Å². The second kappa shape index (κ2) is 4.01. The van der Waals surface area contributed by atoms with Gasteiger partial charge in [0.2, 0.25) is 0 Å².